The topological polar surface area (TPSA) is 180 Å². The summed E-state index contributed by atoms with van der Waals surface area (Å²) in [6.07, 6.45) is 1.16. The number of hydrogen-bond donors (Lipinski definition) is 1. The lowest BCUT2D eigenvalue weighted by Crippen LogP contribution is -2.53. The van der Waals surface area contributed by atoms with Crippen LogP contribution in [0.15, 0.2) is 166 Å². The molecule has 0 radical (unpaired) electrons. The molecule has 2 amide bonds. The Morgan fingerprint density at radius 1 is 0.629 bits per heavy atom. The van der Waals surface area contributed by atoms with Gasteiger partial charge >= 0.3 is 11.7 Å². The van der Waals surface area contributed by atoms with E-state index in [0.29, 0.717) is 68.3 Å². The fourth-order valence-corrected chi connectivity index (χ4v) is 7.75. The van der Waals surface area contributed by atoms with Crippen molar-refractivity contribution in [1.82, 2.24) is 20.3 Å². The van der Waals surface area contributed by atoms with Crippen LogP contribution in [-0.4, -0.2) is 46.8 Å². The van der Waals surface area contributed by atoms with Crippen LogP contribution in [0.25, 0.3) is 33.9 Å². The van der Waals surface area contributed by atoms with Gasteiger partial charge in [0.2, 0.25) is 29.3 Å². The zero-order valence-corrected chi connectivity index (χ0v) is 34.7. The van der Waals surface area contributed by atoms with E-state index < -0.39 is 21.5 Å². The Balaban J connectivity index is 1.34. The van der Waals surface area contributed by atoms with Gasteiger partial charge in [-0.3, -0.25) is 14.5 Å². The minimum Gasteiger partial charge on any atom is -0.441 e. The number of amides is 2. The zero-order chi connectivity index (χ0) is 43.4. The van der Waals surface area contributed by atoms with Crippen LogP contribution >= 0.6 is 0 Å². The summed E-state index contributed by atoms with van der Waals surface area (Å²) in [5.41, 5.74) is 3.69. The molecular formula is C47H38N6O8S. The third-order valence-corrected chi connectivity index (χ3v) is 10.7. The summed E-state index contributed by atoms with van der Waals surface area (Å²) in [6.45, 7) is 4.75. The minimum absolute atomic E-state index is 0.164. The summed E-state index contributed by atoms with van der Waals surface area (Å²) in [7, 11) is -3.57. The van der Waals surface area contributed by atoms with Crippen molar-refractivity contribution in [3.63, 3.8) is 0 Å². The van der Waals surface area contributed by atoms with Gasteiger partial charge in [0.25, 0.3) is 0 Å². The molecule has 0 bridgehead atoms. The molecule has 2 aromatic heterocycles. The summed E-state index contributed by atoms with van der Waals surface area (Å²) < 4.78 is 49.9. The van der Waals surface area contributed by atoms with Crippen molar-refractivity contribution in [2.75, 3.05) is 16.5 Å². The van der Waals surface area contributed by atoms with Gasteiger partial charge in [-0.05, 0) is 60.2 Å². The maximum atomic E-state index is 16.2. The lowest BCUT2D eigenvalue weighted by molar-refractivity contribution is -0.166. The van der Waals surface area contributed by atoms with Crippen LogP contribution in [0.1, 0.15) is 24.3 Å². The number of aromatic nitrogens is 4. The molecule has 0 saturated carbocycles. The molecule has 15 heteroatoms. The summed E-state index contributed by atoms with van der Waals surface area (Å²) in [6, 6.07) is 42.8. The van der Waals surface area contributed by atoms with E-state index in [9.17, 15) is 13.2 Å². The highest BCUT2D eigenvalue weighted by Crippen LogP contribution is 2.41. The number of aryl methyl sites for hydroxylation is 2. The van der Waals surface area contributed by atoms with Gasteiger partial charge in [0.05, 0.1) is 4.90 Å². The standard InChI is InChI=1S/C47H38N6O8S/c1-30(54)48-37-17-12-20-41(29-37)59-47(36-15-6-5-7-16-36,58-40-25-23-33(24-26-40)42-21-8-9-22-43(42)62(4,56)57)46(55)53(38-18-10-13-34(27-38)44-49-31(2)60-51-44)39-19-11-14-35(28-39)45-50-32(3)61-52-45/h5-29H,1-4H3,(H,48,54). The normalized spacial score (nSPS) is 12.3. The molecule has 6 aromatic carbocycles. The van der Waals surface area contributed by atoms with Crippen molar-refractivity contribution in [2.45, 2.75) is 31.5 Å². The van der Waals surface area contributed by atoms with Crippen LogP contribution in [0.2, 0.25) is 0 Å². The van der Waals surface area contributed by atoms with E-state index in [-0.39, 0.29) is 22.3 Å². The van der Waals surface area contributed by atoms with Gasteiger partial charge in [-0.25, -0.2) is 8.42 Å². The molecule has 0 aliphatic carbocycles. The number of hydrogen-bond acceptors (Lipinski definition) is 12. The van der Waals surface area contributed by atoms with Gasteiger partial charge in [-0.15, -0.1) is 0 Å². The van der Waals surface area contributed by atoms with E-state index in [1.807, 2.05) is 0 Å². The molecule has 0 aliphatic heterocycles. The number of anilines is 3. The summed E-state index contributed by atoms with van der Waals surface area (Å²) in [5.74, 6) is -1.60. The number of nitrogens with zero attached hydrogens (tertiary/aromatic N) is 5. The number of rotatable bonds is 13. The molecule has 1 atom stereocenters. The van der Waals surface area contributed by atoms with Crippen molar-refractivity contribution in [2.24, 2.45) is 0 Å². The Kier molecular flexibility index (Phi) is 11.2. The average molecular weight is 847 g/mol. The third kappa shape index (κ3) is 8.69. The van der Waals surface area contributed by atoms with E-state index in [0.717, 1.165) is 6.26 Å². The predicted octanol–water partition coefficient (Wildman–Crippen LogP) is 9.11. The first-order chi connectivity index (χ1) is 29.9. The molecule has 1 unspecified atom stereocenters. The zero-order valence-electron chi connectivity index (χ0n) is 33.8. The molecule has 14 nitrogen and oxygen atoms in total. The third-order valence-electron chi connectivity index (χ3n) is 9.55. The highest BCUT2D eigenvalue weighted by atomic mass is 32.2. The lowest BCUT2D eigenvalue weighted by Gasteiger charge is -2.37. The fourth-order valence-electron chi connectivity index (χ4n) is 6.84. The van der Waals surface area contributed by atoms with Gasteiger partial charge in [0.1, 0.15) is 11.5 Å². The molecule has 8 rings (SSSR count). The first-order valence-corrected chi connectivity index (χ1v) is 21.1. The Labute approximate surface area is 356 Å². The minimum atomic E-state index is -3.57. The number of carbonyl (C=O) groups excluding carboxylic acids is 2. The number of nitrogens with one attached hydrogen (secondary N) is 1. The molecule has 0 aliphatic rings. The van der Waals surface area contributed by atoms with Crippen molar-refractivity contribution >= 4 is 38.7 Å². The number of benzene rings is 6. The smallest absolute Gasteiger partial charge is 0.361 e. The van der Waals surface area contributed by atoms with Crippen molar-refractivity contribution in [3.8, 4) is 45.4 Å². The quantitative estimate of drug-likeness (QED) is 0.109. The molecule has 0 spiro atoms. The van der Waals surface area contributed by atoms with E-state index in [1.54, 1.807) is 166 Å². The predicted molar refractivity (Wildman–Crippen MR) is 231 cm³/mol. The monoisotopic (exact) mass is 846 g/mol. The van der Waals surface area contributed by atoms with Crippen LogP contribution < -0.4 is 19.7 Å². The number of sulfone groups is 1. The Morgan fingerprint density at radius 3 is 1.76 bits per heavy atom. The Bertz CT molecular complexity index is 2940. The second kappa shape index (κ2) is 17.0. The molecular weight excluding hydrogens is 809 g/mol. The van der Waals surface area contributed by atoms with E-state index >= 15 is 4.79 Å². The van der Waals surface area contributed by atoms with Crippen molar-refractivity contribution in [1.29, 1.82) is 0 Å². The summed E-state index contributed by atoms with van der Waals surface area (Å²) in [5, 5.41) is 11.0. The largest absolute Gasteiger partial charge is 0.441 e. The fraction of sp³-hybridized carbons (Fsp3) is 0.106. The molecule has 0 fully saturated rings. The molecule has 0 saturated heterocycles. The van der Waals surface area contributed by atoms with Crippen molar-refractivity contribution < 1.29 is 36.5 Å². The maximum Gasteiger partial charge on any atom is 0.361 e. The van der Waals surface area contributed by atoms with Gasteiger partial charge in [-0.2, -0.15) is 9.97 Å². The Hall–Kier alpha value is -7.91. The molecule has 8 aromatic rings. The SMILES string of the molecule is CC(=O)Nc1cccc(OC(Oc2ccc(-c3ccccc3S(C)(=O)=O)cc2)(C(=O)N(c2cccc(-c3noc(C)n3)c2)c2cccc(-c3noc(C)n3)c2)c2ccccc2)c1. The maximum absolute atomic E-state index is 16.2. The molecule has 62 heavy (non-hydrogen) atoms. The number of carbonyl (C=O) groups is 2. The van der Waals surface area contributed by atoms with Crippen LogP contribution in [0.5, 0.6) is 11.5 Å². The number of ether oxygens (including phenoxy) is 2. The van der Waals surface area contributed by atoms with Crippen LogP contribution in [0.3, 0.4) is 0 Å². The Morgan fingerprint density at radius 2 is 1.19 bits per heavy atom. The van der Waals surface area contributed by atoms with Crippen molar-refractivity contribution in [3.05, 3.63) is 169 Å². The van der Waals surface area contributed by atoms with Crippen LogP contribution in [0, 0.1) is 13.8 Å². The van der Waals surface area contributed by atoms with Crippen LogP contribution in [-0.2, 0) is 25.2 Å². The first-order valence-electron chi connectivity index (χ1n) is 19.2. The highest BCUT2D eigenvalue weighted by Gasteiger charge is 2.50. The highest BCUT2D eigenvalue weighted by molar-refractivity contribution is 7.90. The van der Waals surface area contributed by atoms with E-state index in [4.69, 9.17) is 18.5 Å². The van der Waals surface area contributed by atoms with Gasteiger partial charge in [0.15, 0.2) is 9.84 Å². The molecule has 2 heterocycles. The van der Waals surface area contributed by atoms with Gasteiger partial charge in [-0.1, -0.05) is 101 Å². The summed E-state index contributed by atoms with van der Waals surface area (Å²) in [4.78, 5) is 38.8. The molecule has 310 valence electrons. The lowest BCUT2D eigenvalue weighted by atomic mass is 10.0. The van der Waals surface area contributed by atoms with E-state index in [1.165, 1.54) is 11.8 Å². The second-order valence-electron chi connectivity index (χ2n) is 14.2. The summed E-state index contributed by atoms with van der Waals surface area (Å²) >= 11 is 0. The van der Waals surface area contributed by atoms with E-state index in [2.05, 4.69) is 25.6 Å². The molecule has 1 N–H and O–H groups in total. The first kappa shape index (κ1) is 40.9. The van der Waals surface area contributed by atoms with Gasteiger partial charge < -0.3 is 23.8 Å². The second-order valence-corrected chi connectivity index (χ2v) is 16.2. The van der Waals surface area contributed by atoms with Gasteiger partial charge in [0, 0.05) is 72.4 Å². The van der Waals surface area contributed by atoms with Crippen LogP contribution in [0.4, 0.5) is 17.1 Å². The average Bonchev–Trinajstić information content (AvgIpc) is 3.92.